The van der Waals surface area contributed by atoms with Gasteiger partial charge in [-0.2, -0.15) is 21.6 Å². The summed E-state index contributed by atoms with van der Waals surface area (Å²) in [5.74, 6) is -0.726. The molecule has 0 saturated carbocycles. The highest BCUT2D eigenvalue weighted by Gasteiger charge is 2.46. The van der Waals surface area contributed by atoms with E-state index in [0.717, 1.165) is 12.0 Å². The zero-order valence-corrected chi connectivity index (χ0v) is 22.7. The van der Waals surface area contributed by atoms with E-state index >= 15 is 0 Å². The largest absolute Gasteiger partial charge is 0.516 e. The Hall–Kier alpha value is -3.32. The molecule has 9 nitrogen and oxygen atoms in total. The highest BCUT2D eigenvalue weighted by molar-refractivity contribution is 7.93. The third kappa shape index (κ3) is 8.09. The van der Waals surface area contributed by atoms with Crippen LogP contribution in [-0.4, -0.2) is 68.4 Å². The molecule has 13 heteroatoms. The second-order valence-electron chi connectivity index (χ2n) is 10.0. The van der Waals surface area contributed by atoms with Crippen molar-refractivity contribution in [3.63, 3.8) is 0 Å². The standard InChI is InChI=1S/C26H34F3N5O4S/c1-25(2,30)24(36)31-21(13-8-11-19-9-4-3-5-10-19)23(35)34-17-15-33(16-18-34)22-14-7-6-12-20(22)32-39(37,38)26(27,28)29/h3-7,9-10,12,14,21,32H,8,11,13,15-18,30H2,1-2H3,(H,31,36)/t21-/m1/s1. The van der Waals surface area contributed by atoms with Gasteiger partial charge in [0.2, 0.25) is 11.8 Å². The number of carbonyl (C=O) groups is 2. The number of anilines is 2. The number of nitrogens with one attached hydrogen (secondary N) is 2. The number of nitrogens with zero attached hydrogens (tertiary/aromatic N) is 2. The van der Waals surface area contributed by atoms with Crippen LogP contribution in [0.4, 0.5) is 24.5 Å². The molecule has 1 fully saturated rings. The average molecular weight is 570 g/mol. The molecule has 0 aromatic heterocycles. The van der Waals surface area contributed by atoms with Gasteiger partial charge in [0, 0.05) is 26.2 Å². The Morgan fingerprint density at radius 3 is 2.15 bits per heavy atom. The van der Waals surface area contributed by atoms with Crippen LogP contribution in [0.3, 0.4) is 0 Å². The number of amides is 2. The summed E-state index contributed by atoms with van der Waals surface area (Å²) in [6.07, 6.45) is 1.78. The summed E-state index contributed by atoms with van der Waals surface area (Å²) < 4.78 is 63.7. The molecule has 3 rings (SSSR count). The van der Waals surface area contributed by atoms with Crippen LogP contribution in [0.25, 0.3) is 0 Å². The molecule has 1 saturated heterocycles. The lowest BCUT2D eigenvalue weighted by Gasteiger charge is -2.38. The molecule has 0 unspecified atom stereocenters. The normalized spacial score (nSPS) is 15.5. The zero-order chi connectivity index (χ0) is 28.8. The van der Waals surface area contributed by atoms with Crippen LogP contribution in [0.1, 0.15) is 32.3 Å². The zero-order valence-electron chi connectivity index (χ0n) is 21.9. The van der Waals surface area contributed by atoms with Crippen molar-refractivity contribution in [2.45, 2.75) is 50.2 Å². The van der Waals surface area contributed by atoms with Gasteiger partial charge in [-0.1, -0.05) is 42.5 Å². The van der Waals surface area contributed by atoms with Gasteiger partial charge in [-0.15, -0.1) is 0 Å². The van der Waals surface area contributed by atoms with E-state index in [9.17, 15) is 31.2 Å². The first-order valence-electron chi connectivity index (χ1n) is 12.5. The van der Waals surface area contributed by atoms with E-state index < -0.39 is 33.0 Å². The molecule has 2 amide bonds. The molecule has 214 valence electrons. The molecule has 1 aliphatic rings. The Morgan fingerprint density at radius 1 is 0.974 bits per heavy atom. The van der Waals surface area contributed by atoms with Crippen LogP contribution in [-0.2, 0) is 26.0 Å². The maximum atomic E-state index is 13.4. The van der Waals surface area contributed by atoms with E-state index in [1.807, 2.05) is 30.3 Å². The molecule has 39 heavy (non-hydrogen) atoms. The quantitative estimate of drug-likeness (QED) is 0.404. The number of para-hydroxylation sites is 2. The van der Waals surface area contributed by atoms with Crippen LogP contribution >= 0.6 is 0 Å². The van der Waals surface area contributed by atoms with Gasteiger partial charge in [-0.25, -0.2) is 0 Å². The number of aryl methyl sites for hydroxylation is 1. The van der Waals surface area contributed by atoms with E-state index in [1.165, 1.54) is 18.2 Å². The summed E-state index contributed by atoms with van der Waals surface area (Å²) >= 11 is 0. The van der Waals surface area contributed by atoms with Crippen LogP contribution in [0.15, 0.2) is 54.6 Å². The number of hydrogen-bond donors (Lipinski definition) is 3. The summed E-state index contributed by atoms with van der Waals surface area (Å²) in [4.78, 5) is 29.4. The van der Waals surface area contributed by atoms with Gasteiger partial charge >= 0.3 is 15.5 Å². The highest BCUT2D eigenvalue weighted by Crippen LogP contribution is 2.31. The van der Waals surface area contributed by atoms with Gasteiger partial charge in [0.15, 0.2) is 0 Å². The minimum absolute atomic E-state index is 0.203. The predicted octanol–water partition coefficient (Wildman–Crippen LogP) is 2.84. The third-order valence-corrected chi connectivity index (χ3v) is 7.47. The van der Waals surface area contributed by atoms with Crippen LogP contribution in [0, 0.1) is 0 Å². The number of halogens is 3. The number of benzene rings is 2. The van der Waals surface area contributed by atoms with Gasteiger partial charge in [0.05, 0.1) is 16.9 Å². The van der Waals surface area contributed by atoms with Crippen molar-refractivity contribution >= 4 is 33.2 Å². The maximum absolute atomic E-state index is 13.4. The molecular weight excluding hydrogens is 535 g/mol. The number of alkyl halides is 3. The van der Waals surface area contributed by atoms with Gasteiger partial charge < -0.3 is 20.9 Å². The van der Waals surface area contributed by atoms with Crippen molar-refractivity contribution < 1.29 is 31.2 Å². The van der Waals surface area contributed by atoms with Crippen molar-refractivity contribution in [3.8, 4) is 0 Å². The molecule has 0 radical (unpaired) electrons. The van der Waals surface area contributed by atoms with Crippen LogP contribution in [0.2, 0.25) is 0 Å². The van der Waals surface area contributed by atoms with Crippen molar-refractivity contribution in [2.24, 2.45) is 5.73 Å². The number of piperazine rings is 1. The Bertz CT molecular complexity index is 1240. The topological polar surface area (TPSA) is 125 Å². The van der Waals surface area contributed by atoms with E-state index in [2.05, 4.69) is 5.32 Å². The summed E-state index contributed by atoms with van der Waals surface area (Å²) in [7, 11) is -5.59. The van der Waals surface area contributed by atoms with E-state index in [0.29, 0.717) is 12.8 Å². The minimum Gasteiger partial charge on any atom is -0.366 e. The van der Waals surface area contributed by atoms with Crippen molar-refractivity contribution in [3.05, 3.63) is 60.2 Å². The minimum atomic E-state index is -5.59. The van der Waals surface area contributed by atoms with Crippen LogP contribution in [0.5, 0.6) is 0 Å². The van der Waals surface area contributed by atoms with Gasteiger partial charge in [-0.05, 0) is 50.8 Å². The third-order valence-electron chi connectivity index (χ3n) is 6.37. The number of rotatable bonds is 10. The van der Waals surface area contributed by atoms with E-state index in [4.69, 9.17) is 5.73 Å². The van der Waals surface area contributed by atoms with Gasteiger partial charge in [-0.3, -0.25) is 14.3 Å². The molecule has 4 N–H and O–H groups in total. The summed E-state index contributed by atoms with van der Waals surface area (Å²) in [5, 5.41) is 2.78. The number of nitrogens with two attached hydrogens (primary N) is 1. The highest BCUT2D eigenvalue weighted by atomic mass is 32.2. The first-order chi connectivity index (χ1) is 18.2. The molecule has 1 aliphatic heterocycles. The fourth-order valence-electron chi connectivity index (χ4n) is 4.18. The first kappa shape index (κ1) is 30.2. The van der Waals surface area contributed by atoms with Crippen molar-refractivity contribution in [1.82, 2.24) is 10.2 Å². The Balaban J connectivity index is 1.68. The second kappa shape index (κ2) is 12.2. The Kier molecular flexibility index (Phi) is 9.49. The second-order valence-corrected chi connectivity index (χ2v) is 11.7. The molecule has 1 heterocycles. The molecular formula is C26H34F3N5O4S. The molecule has 1 atom stereocenters. The van der Waals surface area contributed by atoms with Gasteiger partial charge in [0.1, 0.15) is 6.04 Å². The Labute approximate surface area is 226 Å². The average Bonchev–Trinajstić information content (AvgIpc) is 2.87. The summed E-state index contributed by atoms with van der Waals surface area (Å²) in [5.41, 5.74) is 0.482. The molecule has 0 spiro atoms. The van der Waals surface area contributed by atoms with Crippen molar-refractivity contribution in [1.29, 1.82) is 0 Å². The SMILES string of the molecule is CC(C)(N)C(=O)N[C@H](CCCc1ccccc1)C(=O)N1CCN(c2ccccc2NS(=O)(=O)C(F)(F)F)CC1. The molecule has 2 aromatic rings. The fourth-order valence-corrected chi connectivity index (χ4v) is 4.76. The number of sulfonamides is 1. The fraction of sp³-hybridized carbons (Fsp3) is 0.462. The number of hydrogen-bond acceptors (Lipinski definition) is 6. The van der Waals surface area contributed by atoms with Crippen LogP contribution < -0.4 is 20.7 Å². The lowest BCUT2D eigenvalue weighted by atomic mass is 10.0. The molecule has 0 bridgehead atoms. The van der Waals surface area contributed by atoms with Crippen molar-refractivity contribution in [2.75, 3.05) is 35.8 Å². The molecule has 2 aromatic carbocycles. The monoisotopic (exact) mass is 569 g/mol. The lowest BCUT2D eigenvalue weighted by molar-refractivity contribution is -0.138. The van der Waals surface area contributed by atoms with Gasteiger partial charge in [0.25, 0.3) is 0 Å². The maximum Gasteiger partial charge on any atom is 0.516 e. The lowest BCUT2D eigenvalue weighted by Crippen LogP contribution is -2.58. The summed E-state index contributed by atoms with van der Waals surface area (Å²) in [6.45, 7) is 4.08. The summed E-state index contributed by atoms with van der Waals surface area (Å²) in [6, 6.07) is 14.8. The number of carbonyl (C=O) groups excluding carboxylic acids is 2. The first-order valence-corrected chi connectivity index (χ1v) is 14.0. The van der Waals surface area contributed by atoms with E-state index in [1.54, 1.807) is 34.4 Å². The Morgan fingerprint density at radius 2 is 1.56 bits per heavy atom. The van der Waals surface area contributed by atoms with E-state index in [-0.39, 0.29) is 43.5 Å². The molecule has 0 aliphatic carbocycles. The smallest absolute Gasteiger partial charge is 0.366 e. The predicted molar refractivity (Wildman–Crippen MR) is 143 cm³/mol.